The van der Waals surface area contributed by atoms with E-state index in [0.29, 0.717) is 41.9 Å². The molecule has 4 aliphatic rings. The number of carbonyl (C=O) groups is 1. The van der Waals surface area contributed by atoms with Crippen LogP contribution in [0.1, 0.15) is 97.2 Å². The number of nitrogens with one attached hydrogen (secondary N) is 1. The number of Topliss-reactive ketones (excluding diaryl/α,β-unsaturated/α-hetero) is 1. The molecule has 8 rings (SSSR count). The van der Waals surface area contributed by atoms with E-state index >= 15 is 0 Å². The standard InChI is InChI=1S/C50H55NO7/c1-4-51-38-12-7-10-33(23-38)9-5-6-11-35-17-19-39(53)25-36(35)26-41-28-40(54)18-15-34-16-21-48(56-3)49(24-34)58-31-46-37(30-52)27-45-42(13-8-22-57-41)47(55)29-44-32(2)14-20-43(46)50(44)45/h7,10,12,14,16-17,19-21,23-25,27,29,32,35-36,41,51-53,55H,4-6,9,11,13,15,18,26,28,30-31H2,1-3H3/t32-,35-,36-,41+/m0/s1. The highest BCUT2D eigenvalue weighted by molar-refractivity contribution is 6.00. The number of allylic oxidation sites excluding steroid dienone is 4. The normalized spacial score (nSPS) is 20.3. The van der Waals surface area contributed by atoms with Gasteiger partial charge in [-0.05, 0) is 138 Å². The van der Waals surface area contributed by atoms with Gasteiger partial charge in [0.2, 0.25) is 0 Å². The van der Waals surface area contributed by atoms with E-state index in [1.807, 2.05) is 36.4 Å². The fourth-order valence-corrected chi connectivity index (χ4v) is 8.75. The van der Waals surface area contributed by atoms with Crippen LogP contribution in [0.5, 0.6) is 17.2 Å². The molecular weight excluding hydrogens is 727 g/mol. The first kappa shape index (κ1) is 40.5. The van der Waals surface area contributed by atoms with Crippen LogP contribution in [0.4, 0.5) is 5.69 Å². The minimum Gasteiger partial charge on any atom is -0.508 e. The number of aromatic hydroxyl groups is 1. The maximum atomic E-state index is 13.7. The van der Waals surface area contributed by atoms with Crippen molar-refractivity contribution in [3.63, 3.8) is 0 Å². The van der Waals surface area contributed by atoms with E-state index in [1.54, 1.807) is 13.2 Å². The third kappa shape index (κ3) is 9.38. The first-order chi connectivity index (χ1) is 28.2. The van der Waals surface area contributed by atoms with Crippen molar-refractivity contribution in [3.8, 4) is 29.3 Å². The molecule has 0 spiro atoms. The van der Waals surface area contributed by atoms with Gasteiger partial charge in [-0.15, -0.1) is 0 Å². The summed E-state index contributed by atoms with van der Waals surface area (Å²) in [5.74, 6) is 4.93. The monoisotopic (exact) mass is 781 g/mol. The molecule has 0 amide bonds. The maximum Gasteiger partial charge on any atom is 0.161 e. The van der Waals surface area contributed by atoms with Gasteiger partial charge in [0.25, 0.3) is 0 Å². The number of phenols is 1. The lowest BCUT2D eigenvalue weighted by Crippen LogP contribution is -2.24. The molecule has 8 heteroatoms. The van der Waals surface area contributed by atoms with Crippen molar-refractivity contribution in [3.05, 3.63) is 124 Å². The molecule has 2 aliphatic heterocycles. The molecule has 2 heterocycles. The minimum absolute atomic E-state index is 0.0322. The average Bonchev–Trinajstić information content (AvgIpc) is 3.22. The van der Waals surface area contributed by atoms with Crippen molar-refractivity contribution in [2.75, 3.05) is 19.0 Å². The summed E-state index contributed by atoms with van der Waals surface area (Å²) in [5, 5.41) is 37.9. The molecule has 58 heavy (non-hydrogen) atoms. The predicted molar refractivity (Wildman–Crippen MR) is 230 cm³/mol. The number of benzene rings is 4. The number of aryl methyl sites for hydroxylation is 2. The van der Waals surface area contributed by atoms with E-state index in [2.05, 4.69) is 73.7 Å². The number of methoxy groups -OCH3 is 1. The van der Waals surface area contributed by atoms with Crippen molar-refractivity contribution in [2.24, 2.45) is 11.8 Å². The zero-order valence-electron chi connectivity index (χ0n) is 33.9. The van der Waals surface area contributed by atoms with Crippen LogP contribution in [-0.4, -0.2) is 40.9 Å². The summed E-state index contributed by atoms with van der Waals surface area (Å²) in [7, 11) is 1.60. The summed E-state index contributed by atoms with van der Waals surface area (Å²) in [6.45, 7) is 5.07. The van der Waals surface area contributed by atoms with Crippen molar-refractivity contribution >= 4 is 28.3 Å². The summed E-state index contributed by atoms with van der Waals surface area (Å²) < 4.78 is 18.4. The van der Waals surface area contributed by atoms with Gasteiger partial charge >= 0.3 is 0 Å². The molecular formula is C50H55NO7. The number of rotatable bonds is 11. The molecule has 4 aromatic rings. The molecule has 0 saturated heterocycles. The Morgan fingerprint density at radius 1 is 0.983 bits per heavy atom. The van der Waals surface area contributed by atoms with Gasteiger partial charge in [-0.2, -0.15) is 0 Å². The predicted octanol–water partition coefficient (Wildman–Crippen LogP) is 10.0. The zero-order chi connectivity index (χ0) is 40.6. The van der Waals surface area contributed by atoms with E-state index in [9.17, 15) is 20.1 Å². The second-order valence-corrected chi connectivity index (χ2v) is 15.8. The van der Waals surface area contributed by atoms with E-state index in [0.717, 1.165) is 70.9 Å². The number of hydrogen-bond donors (Lipinski definition) is 4. The Morgan fingerprint density at radius 3 is 2.69 bits per heavy atom. The maximum absolute atomic E-state index is 13.7. The second-order valence-electron chi connectivity index (χ2n) is 15.8. The molecule has 4 aromatic carbocycles. The molecule has 302 valence electrons. The number of unbranched alkanes of at least 4 members (excludes halogenated alkanes) is 1. The number of phenolic OH excluding ortho intramolecular Hbond substituents is 1. The van der Waals surface area contributed by atoms with Crippen molar-refractivity contribution in [1.29, 1.82) is 0 Å². The Balaban J connectivity index is 1.16. The van der Waals surface area contributed by atoms with Gasteiger partial charge in [0.05, 0.1) is 13.7 Å². The lowest BCUT2D eigenvalue weighted by atomic mass is 9.80. The Bertz CT molecular complexity index is 2290. The molecule has 6 bridgehead atoms. The van der Waals surface area contributed by atoms with Gasteiger partial charge in [-0.3, -0.25) is 4.79 Å². The number of carbonyl (C=O) groups excluding carboxylic acids is 1. The fraction of sp³-hybridized carbons (Fsp3) is 0.380. The van der Waals surface area contributed by atoms with E-state index in [1.165, 1.54) is 5.56 Å². The second kappa shape index (κ2) is 18.7. The smallest absolute Gasteiger partial charge is 0.161 e. The molecule has 0 saturated carbocycles. The fourth-order valence-electron chi connectivity index (χ4n) is 8.75. The molecule has 8 nitrogen and oxygen atoms in total. The number of ketones is 1. The van der Waals surface area contributed by atoms with Crippen molar-refractivity contribution in [1.82, 2.24) is 0 Å². The summed E-state index contributed by atoms with van der Waals surface area (Å²) in [4.78, 5) is 13.7. The topological polar surface area (TPSA) is 117 Å². The number of aliphatic hydroxyl groups is 2. The lowest BCUT2D eigenvalue weighted by molar-refractivity contribution is -0.121. The quantitative estimate of drug-likeness (QED) is 0.0878. The van der Waals surface area contributed by atoms with Crippen LogP contribution in [-0.2, 0) is 42.0 Å². The number of hydrogen-bond acceptors (Lipinski definition) is 8. The van der Waals surface area contributed by atoms with Crippen LogP contribution in [0, 0.1) is 23.9 Å². The van der Waals surface area contributed by atoms with E-state index in [4.69, 9.17) is 14.2 Å². The molecule has 2 aliphatic carbocycles. The van der Waals surface area contributed by atoms with Crippen LogP contribution in [0.3, 0.4) is 0 Å². The molecule has 0 radical (unpaired) electrons. The summed E-state index contributed by atoms with van der Waals surface area (Å²) in [5.41, 5.74) is 7.56. The summed E-state index contributed by atoms with van der Waals surface area (Å²) >= 11 is 0. The van der Waals surface area contributed by atoms with Gasteiger partial charge in [0.15, 0.2) is 11.5 Å². The van der Waals surface area contributed by atoms with Crippen LogP contribution in [0.25, 0.3) is 16.8 Å². The van der Waals surface area contributed by atoms with E-state index < -0.39 is 6.10 Å². The van der Waals surface area contributed by atoms with Crippen molar-refractivity contribution in [2.45, 2.75) is 96.9 Å². The Kier molecular flexibility index (Phi) is 13.1. The summed E-state index contributed by atoms with van der Waals surface area (Å²) in [6.07, 6.45) is 18.1. The van der Waals surface area contributed by atoms with Gasteiger partial charge in [-0.1, -0.05) is 55.7 Å². The highest BCUT2D eigenvalue weighted by Crippen LogP contribution is 2.43. The first-order valence-electron chi connectivity index (χ1n) is 20.7. The molecule has 0 unspecified atom stereocenters. The van der Waals surface area contributed by atoms with Gasteiger partial charge in [0, 0.05) is 48.5 Å². The number of fused-ring (bicyclic) bond motifs is 9. The largest absolute Gasteiger partial charge is 0.508 e. The minimum atomic E-state index is -0.506. The molecule has 4 atom stereocenters. The van der Waals surface area contributed by atoms with Gasteiger partial charge in [0.1, 0.15) is 36.1 Å². The highest BCUT2D eigenvalue weighted by atomic mass is 16.5. The van der Waals surface area contributed by atoms with Crippen molar-refractivity contribution < 1.29 is 34.3 Å². The number of ether oxygens (including phenoxy) is 3. The van der Waals surface area contributed by atoms with Gasteiger partial charge in [-0.25, -0.2) is 0 Å². The van der Waals surface area contributed by atoms with Crippen LogP contribution >= 0.6 is 0 Å². The Morgan fingerprint density at radius 2 is 1.86 bits per heavy atom. The Hall–Kier alpha value is -5.65. The lowest BCUT2D eigenvalue weighted by Gasteiger charge is -2.28. The molecule has 0 fully saturated rings. The first-order valence-corrected chi connectivity index (χ1v) is 20.7. The summed E-state index contributed by atoms with van der Waals surface area (Å²) in [6, 6.07) is 18.1. The molecule has 0 aromatic heterocycles. The third-order valence-electron chi connectivity index (χ3n) is 11.9. The van der Waals surface area contributed by atoms with Gasteiger partial charge < -0.3 is 34.8 Å². The van der Waals surface area contributed by atoms with Crippen LogP contribution in [0.15, 0.2) is 84.7 Å². The zero-order valence-corrected chi connectivity index (χ0v) is 33.9. The highest BCUT2D eigenvalue weighted by Gasteiger charge is 2.28. The van der Waals surface area contributed by atoms with Crippen LogP contribution in [0.2, 0.25) is 0 Å². The number of anilines is 1. The van der Waals surface area contributed by atoms with E-state index in [-0.39, 0.29) is 61.1 Å². The Labute approximate surface area is 342 Å². The SMILES string of the molecule is CCNc1cccc(CCCC[C@H]2C=CC(O)=C[C@H]2C[C@@H]2CC(=O)CCc3ccc(OC)c(c3)OCc3c(CO)cc4c(c(O)cc5c4c3C=C[C@@H]5C)CC#CO2)c1. The van der Waals surface area contributed by atoms with Crippen LogP contribution < -0.4 is 14.8 Å². The third-order valence-corrected chi connectivity index (χ3v) is 11.9. The number of aliphatic hydroxyl groups excluding tert-OH is 2. The molecule has 4 N–H and O–H groups in total. The average molecular weight is 782 g/mol.